The minimum atomic E-state index is -4.65. The second-order valence-corrected chi connectivity index (χ2v) is 7.98. The number of rotatable bonds is 3. The summed E-state index contributed by atoms with van der Waals surface area (Å²) < 4.78 is 43.7. The third kappa shape index (κ3) is 3.66. The summed E-state index contributed by atoms with van der Waals surface area (Å²) in [6.07, 6.45) is -5.13. The van der Waals surface area contributed by atoms with Crippen LogP contribution in [-0.2, 0) is 4.75 Å². The molecule has 2 aromatic carbocycles. The van der Waals surface area contributed by atoms with Gasteiger partial charge in [-0.2, -0.15) is 13.2 Å². The Morgan fingerprint density at radius 3 is 2.37 bits per heavy atom. The summed E-state index contributed by atoms with van der Waals surface area (Å²) in [6, 6.07) is 8.03. The van der Waals surface area contributed by atoms with Gasteiger partial charge in [0.25, 0.3) is 5.69 Å². The molecule has 142 valence electrons. The molecule has 1 aliphatic rings. The van der Waals surface area contributed by atoms with Crippen molar-refractivity contribution < 1.29 is 18.1 Å². The zero-order chi connectivity index (χ0) is 20.0. The lowest BCUT2D eigenvalue weighted by Crippen LogP contribution is -2.38. The van der Waals surface area contributed by atoms with Gasteiger partial charge in [-0.15, -0.1) is 0 Å². The zero-order valence-electron chi connectivity index (χ0n) is 13.7. The summed E-state index contributed by atoms with van der Waals surface area (Å²) in [5.74, 6) is 0. The van der Waals surface area contributed by atoms with E-state index in [1.807, 2.05) is 0 Å². The number of hydrogen-bond donors (Lipinski definition) is 0. The van der Waals surface area contributed by atoms with Crippen molar-refractivity contribution in [2.75, 3.05) is 0 Å². The molecule has 1 aliphatic heterocycles. The quantitative estimate of drug-likeness (QED) is 0.314. The minimum absolute atomic E-state index is 0.0844. The molecule has 1 heterocycles. The Balaban J connectivity index is 2.05. The lowest BCUT2D eigenvalue weighted by molar-refractivity contribution is -0.385. The van der Waals surface area contributed by atoms with Crippen molar-refractivity contribution in [1.29, 1.82) is 0 Å². The highest BCUT2D eigenvalue weighted by Crippen LogP contribution is 2.57. The molecule has 2 aromatic rings. The SMILES string of the molecule is Cc1ccc(C2=NSC(c3cc(Cl)cc(Cl)c3)(C(F)(F)F)C2)cc1[N+](=O)[O-]. The Morgan fingerprint density at radius 2 is 1.81 bits per heavy atom. The van der Waals surface area contributed by atoms with E-state index in [1.54, 1.807) is 6.92 Å². The maximum atomic E-state index is 14.0. The van der Waals surface area contributed by atoms with Gasteiger partial charge in [-0.1, -0.05) is 35.3 Å². The monoisotopic (exact) mass is 434 g/mol. The lowest BCUT2D eigenvalue weighted by atomic mass is 9.89. The number of benzene rings is 2. The summed E-state index contributed by atoms with van der Waals surface area (Å²) in [7, 11) is 0. The van der Waals surface area contributed by atoms with Crippen LogP contribution in [-0.4, -0.2) is 16.8 Å². The molecule has 0 bridgehead atoms. The number of aryl methyl sites for hydroxylation is 1. The van der Waals surface area contributed by atoms with Crippen molar-refractivity contribution in [1.82, 2.24) is 0 Å². The van der Waals surface area contributed by atoms with Gasteiger partial charge in [0, 0.05) is 33.7 Å². The third-order valence-electron chi connectivity index (χ3n) is 4.25. The van der Waals surface area contributed by atoms with E-state index in [4.69, 9.17) is 23.2 Å². The first-order valence-corrected chi connectivity index (χ1v) is 9.10. The van der Waals surface area contributed by atoms with E-state index >= 15 is 0 Å². The highest BCUT2D eigenvalue weighted by atomic mass is 35.5. The highest BCUT2D eigenvalue weighted by Gasteiger charge is 2.60. The molecule has 1 atom stereocenters. The maximum absolute atomic E-state index is 14.0. The van der Waals surface area contributed by atoms with Crippen molar-refractivity contribution in [2.24, 2.45) is 4.40 Å². The number of halogens is 5. The number of hydrogen-bond acceptors (Lipinski definition) is 4. The van der Waals surface area contributed by atoms with Crippen molar-refractivity contribution in [3.63, 3.8) is 0 Å². The van der Waals surface area contributed by atoms with Crippen LogP contribution >= 0.6 is 35.1 Å². The van der Waals surface area contributed by atoms with Crippen LogP contribution in [0.5, 0.6) is 0 Å². The highest BCUT2D eigenvalue weighted by molar-refractivity contribution is 7.99. The zero-order valence-corrected chi connectivity index (χ0v) is 16.0. The number of nitro groups is 1. The molecule has 0 fully saturated rings. The molecule has 0 saturated heterocycles. The first kappa shape index (κ1) is 20.0. The summed E-state index contributed by atoms with van der Waals surface area (Å²) in [5.41, 5.74) is 0.530. The lowest BCUT2D eigenvalue weighted by Gasteiger charge is -2.30. The first-order chi connectivity index (χ1) is 12.5. The molecule has 10 heteroatoms. The minimum Gasteiger partial charge on any atom is -0.258 e. The molecule has 27 heavy (non-hydrogen) atoms. The second-order valence-electron chi connectivity index (χ2n) is 6.05. The Morgan fingerprint density at radius 1 is 1.19 bits per heavy atom. The Kier molecular flexibility index (Phi) is 5.18. The van der Waals surface area contributed by atoms with Gasteiger partial charge in [0.2, 0.25) is 0 Å². The van der Waals surface area contributed by atoms with Gasteiger partial charge >= 0.3 is 6.18 Å². The van der Waals surface area contributed by atoms with Crippen molar-refractivity contribution in [2.45, 2.75) is 24.3 Å². The first-order valence-electron chi connectivity index (χ1n) is 7.57. The fraction of sp³-hybridized carbons (Fsp3) is 0.235. The van der Waals surface area contributed by atoms with E-state index in [9.17, 15) is 23.3 Å². The number of alkyl halides is 3. The molecule has 3 rings (SSSR count). The van der Waals surface area contributed by atoms with Gasteiger partial charge in [0.05, 0.1) is 10.6 Å². The molecule has 0 amide bonds. The van der Waals surface area contributed by atoms with Crippen molar-refractivity contribution in [3.8, 4) is 0 Å². The van der Waals surface area contributed by atoms with Crippen LogP contribution in [0.25, 0.3) is 0 Å². The Hall–Kier alpha value is -1.77. The predicted octanol–water partition coefficient (Wildman–Crippen LogP) is 6.51. The average molecular weight is 435 g/mol. The molecule has 0 aliphatic carbocycles. The van der Waals surface area contributed by atoms with Gasteiger partial charge in [0.15, 0.2) is 4.75 Å². The summed E-state index contributed by atoms with van der Waals surface area (Å²) in [6.45, 7) is 1.56. The summed E-state index contributed by atoms with van der Waals surface area (Å²) in [4.78, 5) is 10.5. The van der Waals surface area contributed by atoms with Gasteiger partial charge in [-0.05, 0) is 42.6 Å². The van der Waals surface area contributed by atoms with Crippen LogP contribution in [0.2, 0.25) is 10.0 Å². The normalized spacial score (nSPS) is 19.9. The van der Waals surface area contributed by atoms with E-state index in [1.165, 1.54) is 36.4 Å². The molecular weight excluding hydrogens is 424 g/mol. The smallest absolute Gasteiger partial charge is 0.258 e. The van der Waals surface area contributed by atoms with Gasteiger partial charge in [0.1, 0.15) is 0 Å². The van der Waals surface area contributed by atoms with Crippen LogP contribution in [0.3, 0.4) is 0 Å². The fourth-order valence-corrected chi connectivity index (χ4v) is 4.32. The molecule has 0 spiro atoms. The number of nitro benzene ring substituents is 1. The standard InChI is InChI=1S/C17H11Cl2F3N2O2S/c1-9-2-3-10(4-15(9)24(25)26)14-8-16(27-23-14,17(20,21)22)11-5-12(18)7-13(19)6-11/h2-7H,8H2,1H3. The largest absolute Gasteiger partial charge is 0.409 e. The van der Waals surface area contributed by atoms with Gasteiger partial charge < -0.3 is 0 Å². The van der Waals surface area contributed by atoms with Crippen LogP contribution in [0.15, 0.2) is 40.8 Å². The number of nitrogens with zero attached hydrogens (tertiary/aromatic N) is 2. The van der Waals surface area contributed by atoms with E-state index in [0.29, 0.717) is 17.5 Å². The Labute approximate surface area is 166 Å². The molecule has 0 aromatic heterocycles. The van der Waals surface area contributed by atoms with Crippen LogP contribution in [0.1, 0.15) is 23.1 Å². The summed E-state index contributed by atoms with van der Waals surface area (Å²) >= 11 is 12.2. The van der Waals surface area contributed by atoms with Crippen LogP contribution < -0.4 is 0 Å². The maximum Gasteiger partial charge on any atom is 0.409 e. The topological polar surface area (TPSA) is 55.5 Å². The average Bonchev–Trinajstić information content (AvgIpc) is 3.00. The molecule has 0 saturated carbocycles. The molecular formula is C17H11Cl2F3N2O2S. The van der Waals surface area contributed by atoms with E-state index in [-0.39, 0.29) is 32.6 Å². The van der Waals surface area contributed by atoms with Crippen LogP contribution in [0.4, 0.5) is 18.9 Å². The molecule has 0 N–H and O–H groups in total. The van der Waals surface area contributed by atoms with Crippen molar-refractivity contribution >= 4 is 46.5 Å². The van der Waals surface area contributed by atoms with E-state index in [2.05, 4.69) is 4.40 Å². The van der Waals surface area contributed by atoms with E-state index < -0.39 is 22.3 Å². The summed E-state index contributed by atoms with van der Waals surface area (Å²) in [5, 5.41) is 11.3. The third-order valence-corrected chi connectivity index (χ3v) is 5.93. The second kappa shape index (κ2) is 7.00. The van der Waals surface area contributed by atoms with Gasteiger partial charge in [-0.3, -0.25) is 10.1 Å². The van der Waals surface area contributed by atoms with Crippen molar-refractivity contribution in [3.05, 3.63) is 73.2 Å². The molecule has 0 radical (unpaired) electrons. The predicted molar refractivity (Wildman–Crippen MR) is 101 cm³/mol. The van der Waals surface area contributed by atoms with Gasteiger partial charge in [-0.25, -0.2) is 4.40 Å². The Bertz CT molecular complexity index is 945. The molecule has 4 nitrogen and oxygen atoms in total. The fourth-order valence-electron chi connectivity index (χ4n) is 2.83. The van der Waals surface area contributed by atoms with E-state index in [0.717, 1.165) is 0 Å². The van der Waals surface area contributed by atoms with Crippen LogP contribution in [0, 0.1) is 17.0 Å². The molecule has 1 unspecified atom stereocenters.